The van der Waals surface area contributed by atoms with Crippen molar-refractivity contribution < 1.29 is 18.3 Å². The highest BCUT2D eigenvalue weighted by Gasteiger charge is 2.26. The molecule has 0 aliphatic heterocycles. The van der Waals surface area contributed by atoms with Crippen LogP contribution in [0.15, 0.2) is 23.1 Å². The van der Waals surface area contributed by atoms with Gasteiger partial charge in [-0.25, -0.2) is 8.42 Å². The highest BCUT2D eigenvalue weighted by atomic mass is 35.5. The first-order valence-electron chi connectivity index (χ1n) is 6.12. The van der Waals surface area contributed by atoms with Gasteiger partial charge in [0.05, 0.1) is 15.5 Å². The highest BCUT2D eigenvalue weighted by Crippen LogP contribution is 2.20. The number of sulfonamides is 1. The van der Waals surface area contributed by atoms with Crippen LogP contribution in [0.1, 0.15) is 25.8 Å². The van der Waals surface area contributed by atoms with Crippen molar-refractivity contribution in [3.8, 4) is 6.07 Å². The molecule has 0 radical (unpaired) electrons. The monoisotopic (exact) mass is 330 g/mol. The molecule has 6 nitrogen and oxygen atoms in total. The number of aliphatic carboxylic acids is 1. The number of halogens is 1. The molecule has 0 heterocycles. The quantitative estimate of drug-likeness (QED) is 0.829. The number of hydrogen-bond donors (Lipinski definition) is 2. The van der Waals surface area contributed by atoms with E-state index in [4.69, 9.17) is 22.0 Å². The summed E-state index contributed by atoms with van der Waals surface area (Å²) < 4.78 is 26.5. The predicted octanol–water partition coefficient (Wildman–Crippen LogP) is 1.99. The summed E-state index contributed by atoms with van der Waals surface area (Å²) in [7, 11) is -4.04. The lowest BCUT2D eigenvalue weighted by molar-refractivity contribution is -0.139. The number of carboxylic acid groups (broad SMARTS) is 1. The number of nitriles is 1. The van der Waals surface area contributed by atoms with Crippen molar-refractivity contribution in [2.75, 3.05) is 0 Å². The molecule has 0 bridgehead atoms. The fraction of sp³-hybridized carbons (Fsp3) is 0.385. The van der Waals surface area contributed by atoms with E-state index >= 15 is 0 Å². The zero-order chi connectivity index (χ0) is 16.2. The molecule has 114 valence electrons. The molecular formula is C13H15ClN2O4S. The van der Waals surface area contributed by atoms with Gasteiger partial charge in [0.1, 0.15) is 12.1 Å². The highest BCUT2D eigenvalue weighted by molar-refractivity contribution is 7.89. The van der Waals surface area contributed by atoms with Gasteiger partial charge in [0.2, 0.25) is 10.0 Å². The smallest absolute Gasteiger partial charge is 0.321 e. The molecule has 8 heteroatoms. The van der Waals surface area contributed by atoms with Crippen molar-refractivity contribution in [2.24, 2.45) is 5.92 Å². The minimum atomic E-state index is -4.04. The lowest BCUT2D eigenvalue weighted by Crippen LogP contribution is -2.41. The minimum absolute atomic E-state index is 0.00804. The molecule has 2 N–H and O–H groups in total. The van der Waals surface area contributed by atoms with E-state index in [0.717, 1.165) is 6.07 Å². The van der Waals surface area contributed by atoms with Crippen LogP contribution < -0.4 is 4.72 Å². The lowest BCUT2D eigenvalue weighted by atomic mass is 10.1. The Kier molecular flexibility index (Phi) is 5.72. The Hall–Kier alpha value is -1.62. The Morgan fingerprint density at radius 2 is 2.10 bits per heavy atom. The summed E-state index contributed by atoms with van der Waals surface area (Å²) in [6, 6.07) is 4.17. The average molecular weight is 331 g/mol. The second-order valence-electron chi connectivity index (χ2n) is 4.90. The lowest BCUT2D eigenvalue weighted by Gasteiger charge is -2.16. The van der Waals surface area contributed by atoms with Crippen LogP contribution in [0.5, 0.6) is 0 Å². The number of rotatable bonds is 6. The van der Waals surface area contributed by atoms with Crippen LogP contribution in [-0.2, 0) is 14.8 Å². The molecular weight excluding hydrogens is 316 g/mol. The van der Waals surface area contributed by atoms with Crippen molar-refractivity contribution in [1.82, 2.24) is 4.72 Å². The Balaban J connectivity index is 3.11. The number of carbonyl (C=O) groups is 1. The summed E-state index contributed by atoms with van der Waals surface area (Å²) in [5.74, 6) is -1.24. The van der Waals surface area contributed by atoms with E-state index in [2.05, 4.69) is 4.72 Å². The fourth-order valence-electron chi connectivity index (χ4n) is 1.68. The van der Waals surface area contributed by atoms with E-state index in [1.165, 1.54) is 12.1 Å². The van der Waals surface area contributed by atoms with Gasteiger partial charge in [-0.05, 0) is 30.5 Å². The topological polar surface area (TPSA) is 107 Å². The number of hydrogen-bond acceptors (Lipinski definition) is 4. The van der Waals surface area contributed by atoms with Gasteiger partial charge in [0.15, 0.2) is 0 Å². The van der Waals surface area contributed by atoms with Gasteiger partial charge in [-0.1, -0.05) is 25.4 Å². The van der Waals surface area contributed by atoms with Crippen molar-refractivity contribution in [3.05, 3.63) is 28.8 Å². The number of carboxylic acids is 1. The molecule has 1 aromatic rings. The normalized spacial score (nSPS) is 12.9. The van der Waals surface area contributed by atoms with E-state index < -0.39 is 22.0 Å². The largest absolute Gasteiger partial charge is 0.480 e. The molecule has 0 fully saturated rings. The van der Waals surface area contributed by atoms with Crippen LogP contribution in [-0.4, -0.2) is 25.5 Å². The molecule has 0 spiro atoms. The van der Waals surface area contributed by atoms with E-state index in [1.807, 2.05) is 0 Å². The Labute approximate surface area is 128 Å². The van der Waals surface area contributed by atoms with Gasteiger partial charge in [-0.2, -0.15) is 9.98 Å². The first-order chi connectivity index (χ1) is 9.67. The van der Waals surface area contributed by atoms with E-state index in [9.17, 15) is 13.2 Å². The summed E-state index contributed by atoms with van der Waals surface area (Å²) in [6.07, 6.45) is 0.160. The van der Waals surface area contributed by atoms with Crippen LogP contribution >= 0.6 is 11.6 Å². The number of nitrogens with zero attached hydrogens (tertiary/aromatic N) is 1. The predicted molar refractivity (Wildman–Crippen MR) is 77.4 cm³/mol. The molecule has 1 rings (SSSR count). The zero-order valence-corrected chi connectivity index (χ0v) is 13.1. The molecule has 1 unspecified atom stereocenters. The van der Waals surface area contributed by atoms with Crippen LogP contribution in [0.25, 0.3) is 0 Å². The first-order valence-corrected chi connectivity index (χ1v) is 7.98. The summed E-state index contributed by atoms with van der Waals surface area (Å²) >= 11 is 5.74. The van der Waals surface area contributed by atoms with Gasteiger partial charge in [0, 0.05) is 0 Å². The molecule has 0 aliphatic carbocycles. The number of nitrogens with one attached hydrogen (secondary N) is 1. The SMILES string of the molecule is CC(C)CC(NS(=O)(=O)c1ccc(Cl)c(C#N)c1)C(=O)O. The molecule has 1 atom stereocenters. The van der Waals surface area contributed by atoms with E-state index in [1.54, 1.807) is 19.9 Å². The van der Waals surface area contributed by atoms with Gasteiger partial charge < -0.3 is 5.11 Å². The average Bonchev–Trinajstić information content (AvgIpc) is 2.37. The van der Waals surface area contributed by atoms with Gasteiger partial charge in [0.25, 0.3) is 0 Å². The van der Waals surface area contributed by atoms with Gasteiger partial charge >= 0.3 is 5.97 Å². The van der Waals surface area contributed by atoms with Crippen molar-refractivity contribution in [1.29, 1.82) is 5.26 Å². The molecule has 0 saturated carbocycles. The molecule has 0 aliphatic rings. The van der Waals surface area contributed by atoms with Crippen LogP contribution in [0.4, 0.5) is 0 Å². The summed E-state index contributed by atoms with van der Waals surface area (Å²) in [6.45, 7) is 3.58. The molecule has 1 aromatic carbocycles. The summed E-state index contributed by atoms with van der Waals surface area (Å²) in [5, 5.41) is 18.1. The molecule has 0 saturated heterocycles. The summed E-state index contributed by atoms with van der Waals surface area (Å²) in [5.41, 5.74) is 0.00952. The van der Waals surface area contributed by atoms with E-state index in [-0.39, 0.29) is 27.8 Å². The zero-order valence-electron chi connectivity index (χ0n) is 11.5. The third kappa shape index (κ3) is 4.70. The Morgan fingerprint density at radius 1 is 1.48 bits per heavy atom. The summed E-state index contributed by atoms with van der Waals surface area (Å²) in [4.78, 5) is 10.9. The maximum atomic E-state index is 12.2. The van der Waals surface area contributed by atoms with Crippen LogP contribution in [0, 0.1) is 17.2 Å². The van der Waals surface area contributed by atoms with Crippen molar-refractivity contribution in [2.45, 2.75) is 31.2 Å². The molecule has 0 aromatic heterocycles. The van der Waals surface area contributed by atoms with Crippen LogP contribution in [0.3, 0.4) is 0 Å². The third-order valence-electron chi connectivity index (χ3n) is 2.67. The maximum absolute atomic E-state index is 12.2. The minimum Gasteiger partial charge on any atom is -0.480 e. The van der Waals surface area contributed by atoms with Gasteiger partial charge in [-0.3, -0.25) is 4.79 Å². The second kappa shape index (κ2) is 6.89. The first kappa shape index (κ1) is 17.4. The standard InChI is InChI=1S/C13H15ClN2O4S/c1-8(2)5-12(13(17)18)16-21(19,20)10-3-4-11(14)9(6-10)7-15/h3-4,6,8,12,16H,5H2,1-2H3,(H,17,18). The maximum Gasteiger partial charge on any atom is 0.321 e. The Morgan fingerprint density at radius 3 is 2.57 bits per heavy atom. The van der Waals surface area contributed by atoms with Gasteiger partial charge in [-0.15, -0.1) is 0 Å². The van der Waals surface area contributed by atoms with E-state index in [0.29, 0.717) is 0 Å². The van der Waals surface area contributed by atoms with Crippen molar-refractivity contribution in [3.63, 3.8) is 0 Å². The second-order valence-corrected chi connectivity index (χ2v) is 7.02. The number of benzene rings is 1. The fourth-order valence-corrected chi connectivity index (χ4v) is 3.07. The molecule has 21 heavy (non-hydrogen) atoms. The third-order valence-corrected chi connectivity index (χ3v) is 4.47. The van der Waals surface area contributed by atoms with Crippen molar-refractivity contribution >= 4 is 27.6 Å². The Bertz CT molecular complexity index is 680. The van der Waals surface area contributed by atoms with Crippen LogP contribution in [0.2, 0.25) is 5.02 Å². The molecule has 0 amide bonds.